The maximum Gasteiger partial charge on any atom is 0.0428 e. The predicted molar refractivity (Wildman–Crippen MR) is 76.3 cm³/mol. The number of rotatable bonds is 4. The third-order valence-electron chi connectivity index (χ3n) is 3.66. The van der Waals surface area contributed by atoms with Crippen molar-refractivity contribution in [3.63, 3.8) is 0 Å². The zero-order valence-electron chi connectivity index (χ0n) is 12.2. The molecule has 0 radical (unpaired) electrons. The average molecular weight is 243 g/mol. The van der Waals surface area contributed by atoms with Crippen LogP contribution in [-0.4, -0.2) is 24.8 Å². The van der Waals surface area contributed by atoms with Crippen LogP contribution in [0.2, 0.25) is 0 Å². The number of nitrogens with one attached hydrogen (secondary N) is 1. The lowest BCUT2D eigenvalue weighted by Gasteiger charge is -2.28. The number of aliphatic hydroxyl groups is 1. The molecule has 2 N–H and O–H groups in total. The molecule has 1 rings (SSSR count). The molecule has 0 heterocycles. The topological polar surface area (TPSA) is 32.3 Å². The Balaban J connectivity index is 0.000000557. The summed E-state index contributed by atoms with van der Waals surface area (Å²) in [6.45, 7) is 4.56. The Morgan fingerprint density at radius 1 is 1.00 bits per heavy atom. The molecule has 104 valence electrons. The first-order valence-corrected chi connectivity index (χ1v) is 7.58. The number of hydrogen-bond donors (Lipinski definition) is 2. The smallest absolute Gasteiger partial charge is 0.0428 e. The van der Waals surface area contributed by atoms with Gasteiger partial charge in [-0.25, -0.2) is 0 Å². The van der Waals surface area contributed by atoms with Gasteiger partial charge >= 0.3 is 0 Å². The van der Waals surface area contributed by atoms with Gasteiger partial charge in [-0.15, -0.1) is 0 Å². The van der Waals surface area contributed by atoms with Gasteiger partial charge < -0.3 is 10.4 Å². The molecule has 2 nitrogen and oxygen atoms in total. The molecule has 0 spiro atoms. The summed E-state index contributed by atoms with van der Waals surface area (Å²) in [5.41, 5.74) is 0. The molecule has 1 aliphatic rings. The van der Waals surface area contributed by atoms with Gasteiger partial charge in [-0.2, -0.15) is 0 Å². The van der Waals surface area contributed by atoms with Gasteiger partial charge in [0.05, 0.1) is 0 Å². The van der Waals surface area contributed by atoms with E-state index in [0.29, 0.717) is 6.61 Å². The monoisotopic (exact) mass is 243 g/mol. The van der Waals surface area contributed by atoms with Gasteiger partial charge in [-0.05, 0) is 38.6 Å². The van der Waals surface area contributed by atoms with E-state index in [4.69, 9.17) is 5.11 Å². The second-order valence-electron chi connectivity index (χ2n) is 5.16. The average Bonchev–Trinajstić information content (AvgIpc) is 2.33. The molecule has 2 heteroatoms. The van der Waals surface area contributed by atoms with Crippen molar-refractivity contribution in [2.24, 2.45) is 5.92 Å². The maximum absolute atomic E-state index is 7.88. The molecule has 1 saturated carbocycles. The van der Waals surface area contributed by atoms with Crippen molar-refractivity contribution in [3.8, 4) is 0 Å². The van der Waals surface area contributed by atoms with Gasteiger partial charge in [0.25, 0.3) is 0 Å². The lowest BCUT2D eigenvalue weighted by molar-refractivity contribution is 0.280. The summed E-state index contributed by atoms with van der Waals surface area (Å²) in [6, 6.07) is 0.806. The SMILES string of the molecule is CCCC1CCCCCCC1NC.CCCO. The van der Waals surface area contributed by atoms with Crippen LogP contribution in [0.15, 0.2) is 0 Å². The number of aliphatic hydroxyl groups excluding tert-OH is 1. The summed E-state index contributed by atoms with van der Waals surface area (Å²) in [5, 5.41) is 11.4. The predicted octanol–water partition coefficient (Wildman–Crippen LogP) is 3.73. The Kier molecular flexibility index (Phi) is 12.3. The molecule has 0 bridgehead atoms. The number of hydrogen-bond acceptors (Lipinski definition) is 2. The van der Waals surface area contributed by atoms with Crippen molar-refractivity contribution in [2.45, 2.75) is 77.7 Å². The highest BCUT2D eigenvalue weighted by Crippen LogP contribution is 2.25. The van der Waals surface area contributed by atoms with Crippen LogP contribution in [0.3, 0.4) is 0 Å². The van der Waals surface area contributed by atoms with Crippen LogP contribution in [0.4, 0.5) is 0 Å². The fourth-order valence-electron chi connectivity index (χ4n) is 2.66. The third-order valence-corrected chi connectivity index (χ3v) is 3.66. The first kappa shape index (κ1) is 16.9. The van der Waals surface area contributed by atoms with Gasteiger partial charge in [-0.1, -0.05) is 46.0 Å². The lowest BCUT2D eigenvalue weighted by atomic mass is 9.84. The van der Waals surface area contributed by atoms with E-state index in [2.05, 4.69) is 19.3 Å². The standard InChI is InChI=1S/C12H25N.C3H8O/c1-3-8-11-9-6-4-5-7-10-12(11)13-2;1-2-3-4/h11-13H,3-10H2,1-2H3;4H,2-3H2,1H3. The van der Waals surface area contributed by atoms with Crippen molar-refractivity contribution >= 4 is 0 Å². The zero-order valence-corrected chi connectivity index (χ0v) is 12.2. The van der Waals surface area contributed by atoms with Crippen LogP contribution in [0.1, 0.15) is 71.6 Å². The Morgan fingerprint density at radius 3 is 2.06 bits per heavy atom. The highest BCUT2D eigenvalue weighted by molar-refractivity contribution is 4.76. The normalized spacial score (nSPS) is 25.4. The highest BCUT2D eigenvalue weighted by Gasteiger charge is 2.19. The van der Waals surface area contributed by atoms with Crippen LogP contribution in [0.25, 0.3) is 0 Å². The quantitative estimate of drug-likeness (QED) is 0.788. The fourth-order valence-corrected chi connectivity index (χ4v) is 2.66. The minimum absolute atomic E-state index is 0.319. The molecule has 2 unspecified atom stereocenters. The van der Waals surface area contributed by atoms with Gasteiger partial charge in [0.15, 0.2) is 0 Å². The lowest BCUT2D eigenvalue weighted by Crippen LogP contribution is -2.34. The Labute approximate surface area is 108 Å². The van der Waals surface area contributed by atoms with E-state index in [1.165, 1.54) is 51.4 Å². The molecule has 0 aromatic rings. The van der Waals surface area contributed by atoms with Gasteiger partial charge in [0.1, 0.15) is 0 Å². The van der Waals surface area contributed by atoms with E-state index in [1.807, 2.05) is 6.92 Å². The molecule has 0 aromatic carbocycles. The molecule has 17 heavy (non-hydrogen) atoms. The van der Waals surface area contributed by atoms with Crippen LogP contribution in [0.5, 0.6) is 0 Å². The van der Waals surface area contributed by atoms with E-state index < -0.39 is 0 Å². The molecule has 0 aromatic heterocycles. The Morgan fingerprint density at radius 2 is 1.59 bits per heavy atom. The molecule has 0 aliphatic heterocycles. The second-order valence-corrected chi connectivity index (χ2v) is 5.16. The summed E-state index contributed by atoms with van der Waals surface area (Å²) in [7, 11) is 2.13. The highest BCUT2D eigenvalue weighted by atomic mass is 16.2. The minimum atomic E-state index is 0.319. The molecule has 1 fully saturated rings. The van der Waals surface area contributed by atoms with E-state index in [0.717, 1.165) is 18.4 Å². The largest absolute Gasteiger partial charge is 0.396 e. The second kappa shape index (κ2) is 12.4. The first-order chi connectivity index (χ1) is 8.29. The van der Waals surface area contributed by atoms with Crippen LogP contribution in [0, 0.1) is 5.92 Å². The maximum atomic E-state index is 7.88. The van der Waals surface area contributed by atoms with Crippen molar-refractivity contribution in [1.29, 1.82) is 0 Å². The van der Waals surface area contributed by atoms with E-state index in [9.17, 15) is 0 Å². The van der Waals surface area contributed by atoms with Crippen LogP contribution < -0.4 is 5.32 Å². The van der Waals surface area contributed by atoms with Crippen molar-refractivity contribution in [3.05, 3.63) is 0 Å². The van der Waals surface area contributed by atoms with Gasteiger partial charge in [0.2, 0.25) is 0 Å². The van der Waals surface area contributed by atoms with Crippen molar-refractivity contribution < 1.29 is 5.11 Å². The Bertz CT molecular complexity index is 148. The molecule has 0 amide bonds. The van der Waals surface area contributed by atoms with Crippen molar-refractivity contribution in [1.82, 2.24) is 5.32 Å². The molecule has 0 saturated heterocycles. The van der Waals surface area contributed by atoms with E-state index in [1.54, 1.807) is 0 Å². The van der Waals surface area contributed by atoms with Crippen LogP contribution in [-0.2, 0) is 0 Å². The molecular formula is C15H33NO. The summed E-state index contributed by atoms with van der Waals surface area (Å²) < 4.78 is 0. The molecular weight excluding hydrogens is 210 g/mol. The Hall–Kier alpha value is -0.0800. The first-order valence-electron chi connectivity index (χ1n) is 7.58. The van der Waals surface area contributed by atoms with E-state index in [-0.39, 0.29) is 0 Å². The van der Waals surface area contributed by atoms with Crippen LogP contribution >= 0.6 is 0 Å². The summed E-state index contributed by atoms with van der Waals surface area (Å²) in [5.74, 6) is 0.954. The van der Waals surface area contributed by atoms with Gasteiger partial charge in [-0.3, -0.25) is 0 Å². The van der Waals surface area contributed by atoms with Gasteiger partial charge in [0, 0.05) is 12.6 Å². The fraction of sp³-hybridized carbons (Fsp3) is 1.00. The summed E-state index contributed by atoms with van der Waals surface area (Å²) in [6.07, 6.45) is 12.3. The molecule has 1 aliphatic carbocycles. The summed E-state index contributed by atoms with van der Waals surface area (Å²) in [4.78, 5) is 0. The summed E-state index contributed by atoms with van der Waals surface area (Å²) >= 11 is 0. The van der Waals surface area contributed by atoms with E-state index >= 15 is 0 Å². The molecule has 2 atom stereocenters. The van der Waals surface area contributed by atoms with Crippen molar-refractivity contribution in [2.75, 3.05) is 13.7 Å². The minimum Gasteiger partial charge on any atom is -0.396 e. The third kappa shape index (κ3) is 8.62. The zero-order chi connectivity index (χ0) is 12.9.